The third kappa shape index (κ3) is 2.96. The first-order chi connectivity index (χ1) is 6.50. The summed E-state index contributed by atoms with van der Waals surface area (Å²) in [5, 5.41) is 0. The Morgan fingerprint density at radius 1 is 1.50 bits per heavy atom. The molecule has 0 aliphatic rings. The maximum absolute atomic E-state index is 5.55. The third-order valence-electron chi connectivity index (χ3n) is 1.58. The van der Waals surface area contributed by atoms with Crippen LogP contribution in [0.25, 0.3) is 0 Å². The van der Waals surface area contributed by atoms with Gasteiger partial charge in [-0.2, -0.15) is 0 Å². The zero-order valence-electron chi connectivity index (χ0n) is 8.08. The van der Waals surface area contributed by atoms with E-state index >= 15 is 0 Å². The zero-order valence-corrected chi connectivity index (χ0v) is 10.5. The molecule has 0 fully saturated rings. The molecule has 1 aromatic rings. The quantitative estimate of drug-likeness (QED) is 0.861. The fourth-order valence-electron chi connectivity index (χ4n) is 1.00. The topological polar surface area (TPSA) is 35.2 Å². The number of halogens is 1. The summed E-state index contributed by atoms with van der Waals surface area (Å²) in [6, 6.07) is 5.57. The molecule has 0 aromatic heterocycles. The van der Waals surface area contributed by atoms with Gasteiger partial charge in [-0.15, -0.1) is 0 Å². The molecule has 0 atom stereocenters. The number of hydrogen-bond acceptors (Lipinski definition) is 2. The Morgan fingerprint density at radius 2 is 2.14 bits per heavy atom. The predicted molar refractivity (Wildman–Crippen MR) is 65.8 cm³/mol. The Bertz CT molecular complexity index is 352. The molecule has 2 N–H and O–H groups in total. The van der Waals surface area contributed by atoms with Crippen molar-refractivity contribution in [2.75, 3.05) is 0 Å². The van der Waals surface area contributed by atoms with E-state index in [9.17, 15) is 0 Å². The van der Waals surface area contributed by atoms with E-state index in [0.717, 1.165) is 15.8 Å². The molecule has 4 heteroatoms. The highest BCUT2D eigenvalue weighted by molar-refractivity contribution is 9.10. The van der Waals surface area contributed by atoms with Gasteiger partial charge in [0.25, 0.3) is 0 Å². The van der Waals surface area contributed by atoms with Crippen LogP contribution in [0.15, 0.2) is 22.7 Å². The van der Waals surface area contributed by atoms with Crippen molar-refractivity contribution >= 4 is 33.1 Å². The SMILES string of the molecule is CC(C)Oc1ccc(C(N)=S)cc1Br. The largest absolute Gasteiger partial charge is 0.490 e. The summed E-state index contributed by atoms with van der Waals surface area (Å²) in [4.78, 5) is 0.391. The van der Waals surface area contributed by atoms with Crippen molar-refractivity contribution in [3.63, 3.8) is 0 Å². The molecule has 0 heterocycles. The van der Waals surface area contributed by atoms with E-state index < -0.39 is 0 Å². The molecule has 0 unspecified atom stereocenters. The minimum atomic E-state index is 0.155. The fourth-order valence-corrected chi connectivity index (χ4v) is 1.60. The van der Waals surface area contributed by atoms with E-state index in [1.165, 1.54) is 0 Å². The monoisotopic (exact) mass is 273 g/mol. The Labute approximate surface area is 97.6 Å². The van der Waals surface area contributed by atoms with Gasteiger partial charge in [0, 0.05) is 5.56 Å². The molecule has 1 rings (SSSR count). The Morgan fingerprint density at radius 3 is 2.57 bits per heavy atom. The lowest BCUT2D eigenvalue weighted by atomic mass is 10.2. The lowest BCUT2D eigenvalue weighted by molar-refractivity contribution is 0.241. The number of benzene rings is 1. The van der Waals surface area contributed by atoms with E-state index in [2.05, 4.69) is 15.9 Å². The first-order valence-corrected chi connectivity index (χ1v) is 5.47. The van der Waals surface area contributed by atoms with Crippen molar-refractivity contribution in [1.29, 1.82) is 0 Å². The molecular weight excluding hydrogens is 262 g/mol. The van der Waals surface area contributed by atoms with Crippen molar-refractivity contribution in [2.45, 2.75) is 20.0 Å². The number of hydrogen-bond donors (Lipinski definition) is 1. The zero-order chi connectivity index (χ0) is 10.7. The van der Waals surface area contributed by atoms with Crippen LogP contribution in [0.5, 0.6) is 5.75 Å². The molecule has 2 nitrogen and oxygen atoms in total. The molecule has 76 valence electrons. The van der Waals surface area contributed by atoms with E-state index in [0.29, 0.717) is 4.99 Å². The summed E-state index contributed by atoms with van der Waals surface area (Å²) in [7, 11) is 0. The highest BCUT2D eigenvalue weighted by atomic mass is 79.9. The summed E-state index contributed by atoms with van der Waals surface area (Å²) >= 11 is 8.27. The van der Waals surface area contributed by atoms with Crippen molar-refractivity contribution in [2.24, 2.45) is 5.73 Å². The lowest BCUT2D eigenvalue weighted by Crippen LogP contribution is -2.10. The highest BCUT2D eigenvalue weighted by Gasteiger charge is 2.05. The maximum Gasteiger partial charge on any atom is 0.133 e. The molecule has 0 spiro atoms. The van der Waals surface area contributed by atoms with Gasteiger partial charge >= 0.3 is 0 Å². The second kappa shape index (κ2) is 4.75. The molecule has 0 aliphatic carbocycles. The van der Waals surface area contributed by atoms with Crippen molar-refractivity contribution in [3.05, 3.63) is 28.2 Å². The number of ether oxygens (including phenoxy) is 1. The number of rotatable bonds is 3. The van der Waals surface area contributed by atoms with Gasteiger partial charge in [0.15, 0.2) is 0 Å². The van der Waals surface area contributed by atoms with Crippen LogP contribution in [0.3, 0.4) is 0 Å². The lowest BCUT2D eigenvalue weighted by Gasteiger charge is -2.12. The fraction of sp³-hybridized carbons (Fsp3) is 0.300. The summed E-state index contributed by atoms with van der Waals surface area (Å²) < 4.78 is 6.42. The first-order valence-electron chi connectivity index (χ1n) is 4.26. The van der Waals surface area contributed by atoms with Crippen LogP contribution in [0.1, 0.15) is 19.4 Å². The van der Waals surface area contributed by atoms with E-state index in [4.69, 9.17) is 22.7 Å². The molecule has 0 aliphatic heterocycles. The molecule has 0 radical (unpaired) electrons. The predicted octanol–water partition coefficient (Wildman–Crippen LogP) is 2.87. The van der Waals surface area contributed by atoms with Gasteiger partial charge in [-0.3, -0.25) is 0 Å². The van der Waals surface area contributed by atoms with Crippen molar-refractivity contribution in [3.8, 4) is 5.75 Å². The van der Waals surface area contributed by atoms with E-state index in [-0.39, 0.29) is 6.10 Å². The first kappa shape index (κ1) is 11.5. The van der Waals surface area contributed by atoms with Gasteiger partial charge in [0.2, 0.25) is 0 Å². The Hall–Kier alpha value is -0.610. The minimum absolute atomic E-state index is 0.155. The van der Waals surface area contributed by atoms with Gasteiger partial charge in [0.05, 0.1) is 10.6 Å². The molecular formula is C10H12BrNOS. The summed E-state index contributed by atoms with van der Waals surface area (Å²) in [6.45, 7) is 3.96. The standard InChI is InChI=1S/C10H12BrNOS/c1-6(2)13-9-4-3-7(10(12)14)5-8(9)11/h3-6H,1-2H3,(H2,12,14). The van der Waals surface area contributed by atoms with Crippen molar-refractivity contribution < 1.29 is 4.74 Å². The van der Waals surface area contributed by atoms with Crippen LogP contribution in [0, 0.1) is 0 Å². The molecule has 0 saturated heterocycles. The molecule has 0 bridgehead atoms. The average Bonchev–Trinajstić information content (AvgIpc) is 2.07. The Kier molecular flexibility index (Phi) is 3.89. The van der Waals surface area contributed by atoms with Crippen LogP contribution in [0.2, 0.25) is 0 Å². The maximum atomic E-state index is 5.55. The molecule has 14 heavy (non-hydrogen) atoms. The summed E-state index contributed by atoms with van der Waals surface area (Å²) in [5.74, 6) is 0.806. The van der Waals surface area contributed by atoms with Gasteiger partial charge in [-0.05, 0) is 48.0 Å². The molecule has 0 amide bonds. The van der Waals surface area contributed by atoms with Gasteiger partial charge in [-0.25, -0.2) is 0 Å². The van der Waals surface area contributed by atoms with Gasteiger partial charge < -0.3 is 10.5 Å². The third-order valence-corrected chi connectivity index (χ3v) is 2.43. The van der Waals surface area contributed by atoms with Crippen molar-refractivity contribution in [1.82, 2.24) is 0 Å². The molecule has 1 aromatic carbocycles. The van der Waals surface area contributed by atoms with Gasteiger partial charge in [0.1, 0.15) is 10.7 Å². The second-order valence-electron chi connectivity index (χ2n) is 3.18. The van der Waals surface area contributed by atoms with Crippen LogP contribution in [-0.2, 0) is 0 Å². The van der Waals surface area contributed by atoms with Crippen LogP contribution >= 0.6 is 28.1 Å². The summed E-state index contributed by atoms with van der Waals surface area (Å²) in [5.41, 5.74) is 6.34. The summed E-state index contributed by atoms with van der Waals surface area (Å²) in [6.07, 6.45) is 0.155. The molecule has 0 saturated carbocycles. The Balaban J connectivity index is 2.95. The van der Waals surface area contributed by atoms with Crippen LogP contribution in [0.4, 0.5) is 0 Å². The van der Waals surface area contributed by atoms with E-state index in [1.807, 2.05) is 32.0 Å². The smallest absolute Gasteiger partial charge is 0.133 e. The highest BCUT2D eigenvalue weighted by Crippen LogP contribution is 2.26. The van der Waals surface area contributed by atoms with E-state index in [1.54, 1.807) is 0 Å². The minimum Gasteiger partial charge on any atom is -0.490 e. The van der Waals surface area contributed by atoms with Crippen LogP contribution in [-0.4, -0.2) is 11.1 Å². The number of thiocarbonyl (C=S) groups is 1. The average molecular weight is 274 g/mol. The second-order valence-corrected chi connectivity index (χ2v) is 4.47. The number of nitrogens with two attached hydrogens (primary N) is 1. The normalized spacial score (nSPS) is 10.3. The van der Waals surface area contributed by atoms with Gasteiger partial charge in [-0.1, -0.05) is 12.2 Å². The van der Waals surface area contributed by atoms with Crippen LogP contribution < -0.4 is 10.5 Å².